The number of benzene rings is 3. The van der Waals surface area contributed by atoms with Crippen molar-refractivity contribution in [2.24, 2.45) is 4.99 Å². The maximum absolute atomic E-state index is 13.0. The minimum absolute atomic E-state index is 0.00513. The number of carbonyl (C=O) groups is 1. The molecule has 3 aromatic rings. The van der Waals surface area contributed by atoms with Gasteiger partial charge in [-0.3, -0.25) is 4.79 Å². The van der Waals surface area contributed by atoms with Gasteiger partial charge in [-0.05, 0) is 58.4 Å². The van der Waals surface area contributed by atoms with E-state index < -0.39 is 0 Å². The topological polar surface area (TPSA) is 61.7 Å². The number of phenols is 1. The molecule has 4 nitrogen and oxygen atoms in total. The first kappa shape index (κ1) is 17.2. The van der Waals surface area contributed by atoms with Crippen LogP contribution in [0.15, 0.2) is 94.0 Å². The Kier molecular flexibility index (Phi) is 4.60. The first-order valence-corrected chi connectivity index (χ1v) is 9.17. The second-order valence-corrected chi connectivity index (χ2v) is 6.88. The molecule has 0 aliphatic heterocycles. The van der Waals surface area contributed by atoms with Crippen LogP contribution in [0.5, 0.6) is 5.75 Å². The Bertz CT molecular complexity index is 1070. The summed E-state index contributed by atoms with van der Waals surface area (Å²) in [6, 6.07) is 22.3. The van der Waals surface area contributed by atoms with Crippen LogP contribution in [-0.4, -0.2) is 16.6 Å². The van der Waals surface area contributed by atoms with E-state index in [9.17, 15) is 9.90 Å². The summed E-state index contributed by atoms with van der Waals surface area (Å²) in [6.45, 7) is 0. The van der Waals surface area contributed by atoms with Gasteiger partial charge in [0.1, 0.15) is 5.75 Å². The Balaban J connectivity index is 1.87. The van der Waals surface area contributed by atoms with E-state index >= 15 is 0 Å². The number of allylic oxidation sites excluding steroid dienone is 2. The maximum atomic E-state index is 13.0. The first-order valence-electron chi connectivity index (χ1n) is 8.37. The smallest absolute Gasteiger partial charge is 0.210 e. The molecule has 27 heavy (non-hydrogen) atoms. The SMILES string of the molecule is O=C1C(Nc2ccccc2)=CC(=Nc2ccccc2)c2c1ccc(Br)c2O. The molecule has 0 unspecified atom stereocenters. The largest absolute Gasteiger partial charge is 0.506 e. The molecule has 5 heteroatoms. The van der Waals surface area contributed by atoms with Crippen molar-refractivity contribution in [1.82, 2.24) is 0 Å². The lowest BCUT2D eigenvalue weighted by Crippen LogP contribution is -2.22. The Hall–Kier alpha value is -3.18. The number of ketones is 1. The van der Waals surface area contributed by atoms with Gasteiger partial charge < -0.3 is 10.4 Å². The molecule has 0 amide bonds. The van der Waals surface area contributed by atoms with Crippen LogP contribution in [0.4, 0.5) is 11.4 Å². The van der Waals surface area contributed by atoms with E-state index in [2.05, 4.69) is 26.2 Å². The number of nitrogens with one attached hydrogen (secondary N) is 1. The van der Waals surface area contributed by atoms with Crippen LogP contribution in [0.1, 0.15) is 15.9 Å². The lowest BCUT2D eigenvalue weighted by atomic mass is 9.91. The molecule has 3 aromatic carbocycles. The van der Waals surface area contributed by atoms with Crippen molar-refractivity contribution in [2.45, 2.75) is 0 Å². The van der Waals surface area contributed by atoms with Crippen LogP contribution >= 0.6 is 15.9 Å². The number of halogens is 1. The van der Waals surface area contributed by atoms with Crippen molar-refractivity contribution in [3.05, 3.63) is 100 Å². The average molecular weight is 419 g/mol. The fraction of sp³-hybridized carbons (Fsp3) is 0. The number of aliphatic imine (C=N–C) groups is 1. The Morgan fingerprint density at radius 3 is 2.26 bits per heavy atom. The predicted octanol–water partition coefficient (Wildman–Crippen LogP) is 5.47. The van der Waals surface area contributed by atoms with Crippen molar-refractivity contribution < 1.29 is 9.90 Å². The maximum Gasteiger partial charge on any atom is 0.210 e. The predicted molar refractivity (Wildman–Crippen MR) is 111 cm³/mol. The van der Waals surface area contributed by atoms with E-state index in [4.69, 9.17) is 0 Å². The summed E-state index contributed by atoms with van der Waals surface area (Å²) < 4.78 is 0.516. The van der Waals surface area contributed by atoms with Crippen molar-refractivity contribution in [1.29, 1.82) is 0 Å². The molecule has 0 saturated carbocycles. The van der Waals surface area contributed by atoms with Gasteiger partial charge in [0.25, 0.3) is 0 Å². The zero-order valence-electron chi connectivity index (χ0n) is 14.2. The van der Waals surface area contributed by atoms with Crippen LogP contribution in [0.2, 0.25) is 0 Å². The molecular formula is C22H15BrN2O2. The third-order valence-corrected chi connectivity index (χ3v) is 4.85. The molecule has 0 aromatic heterocycles. The van der Waals surface area contributed by atoms with E-state index in [1.165, 1.54) is 0 Å². The van der Waals surface area contributed by atoms with Crippen LogP contribution in [0.3, 0.4) is 0 Å². The second kappa shape index (κ2) is 7.21. The Morgan fingerprint density at radius 2 is 1.56 bits per heavy atom. The molecule has 2 N–H and O–H groups in total. The zero-order valence-corrected chi connectivity index (χ0v) is 15.8. The third kappa shape index (κ3) is 3.41. The highest BCUT2D eigenvalue weighted by atomic mass is 79.9. The highest BCUT2D eigenvalue weighted by Crippen LogP contribution is 2.36. The number of phenolic OH excluding ortho intramolecular Hbond substituents is 1. The third-order valence-electron chi connectivity index (χ3n) is 4.21. The minimum Gasteiger partial charge on any atom is -0.506 e. The number of rotatable bonds is 3. The number of para-hydroxylation sites is 2. The first-order chi connectivity index (χ1) is 13.1. The molecule has 0 spiro atoms. The molecule has 0 radical (unpaired) electrons. The molecule has 0 bridgehead atoms. The Labute approximate surface area is 165 Å². The summed E-state index contributed by atoms with van der Waals surface area (Å²) in [5.41, 5.74) is 3.31. The van der Waals surface area contributed by atoms with Gasteiger partial charge in [0, 0.05) is 11.3 Å². The molecule has 0 fully saturated rings. The summed E-state index contributed by atoms with van der Waals surface area (Å²) in [6.07, 6.45) is 1.68. The summed E-state index contributed by atoms with van der Waals surface area (Å²) in [4.78, 5) is 17.6. The summed E-state index contributed by atoms with van der Waals surface area (Å²) in [7, 11) is 0. The van der Waals surface area contributed by atoms with Crippen molar-refractivity contribution in [2.75, 3.05) is 5.32 Å². The fourth-order valence-electron chi connectivity index (χ4n) is 2.93. The van der Waals surface area contributed by atoms with Gasteiger partial charge in [-0.25, -0.2) is 4.99 Å². The fourth-order valence-corrected chi connectivity index (χ4v) is 3.26. The molecule has 0 saturated heterocycles. The van der Waals surface area contributed by atoms with E-state index in [1.807, 2.05) is 60.7 Å². The van der Waals surface area contributed by atoms with Gasteiger partial charge in [-0.15, -0.1) is 0 Å². The van der Waals surface area contributed by atoms with E-state index in [-0.39, 0.29) is 11.5 Å². The number of nitrogens with zero attached hydrogens (tertiary/aromatic N) is 1. The number of carbonyl (C=O) groups excluding carboxylic acids is 1. The van der Waals surface area contributed by atoms with Crippen LogP contribution in [-0.2, 0) is 0 Å². The number of anilines is 1. The Morgan fingerprint density at radius 1 is 0.889 bits per heavy atom. The van der Waals surface area contributed by atoms with Crippen molar-refractivity contribution in [3.8, 4) is 5.75 Å². The quantitative estimate of drug-likeness (QED) is 0.592. The summed E-state index contributed by atoms with van der Waals surface area (Å²) in [5, 5.41) is 13.7. The standard InChI is InChI=1S/C22H15BrN2O2/c23-17-12-11-16-20(22(17)27)18(24-14-7-3-1-4-8-14)13-19(21(16)26)25-15-9-5-2-6-10-15/h1-13,25,27H. The van der Waals surface area contributed by atoms with Gasteiger partial charge in [-0.1, -0.05) is 36.4 Å². The van der Waals surface area contributed by atoms with Crippen molar-refractivity contribution >= 4 is 38.8 Å². The lowest BCUT2D eigenvalue weighted by Gasteiger charge is -2.20. The highest BCUT2D eigenvalue weighted by Gasteiger charge is 2.28. The number of fused-ring (bicyclic) bond motifs is 1. The number of Topliss-reactive ketones (excluding diaryl/α,β-unsaturated/α-hetero) is 1. The van der Waals surface area contributed by atoms with Crippen LogP contribution < -0.4 is 5.32 Å². The van der Waals surface area contributed by atoms with E-state index in [0.29, 0.717) is 27.0 Å². The van der Waals surface area contributed by atoms with Crippen LogP contribution in [0.25, 0.3) is 0 Å². The van der Waals surface area contributed by atoms with Gasteiger partial charge in [0.05, 0.1) is 27.1 Å². The van der Waals surface area contributed by atoms with E-state index in [0.717, 1.165) is 11.4 Å². The molecule has 132 valence electrons. The molecule has 1 aliphatic rings. The second-order valence-electron chi connectivity index (χ2n) is 6.03. The summed E-state index contributed by atoms with van der Waals surface area (Å²) in [5.74, 6) is -0.186. The number of hydrogen-bond acceptors (Lipinski definition) is 4. The monoisotopic (exact) mass is 418 g/mol. The molecular weight excluding hydrogens is 404 g/mol. The lowest BCUT2D eigenvalue weighted by molar-refractivity contribution is 0.103. The molecule has 1 aliphatic carbocycles. The van der Waals surface area contributed by atoms with Crippen LogP contribution in [0, 0.1) is 0 Å². The van der Waals surface area contributed by atoms with E-state index in [1.54, 1.807) is 18.2 Å². The molecule has 0 atom stereocenters. The normalized spacial score (nSPS) is 14.6. The minimum atomic E-state index is -0.191. The summed E-state index contributed by atoms with van der Waals surface area (Å²) >= 11 is 3.32. The van der Waals surface area contributed by atoms with Crippen molar-refractivity contribution in [3.63, 3.8) is 0 Å². The molecule has 0 heterocycles. The van der Waals surface area contributed by atoms with Gasteiger partial charge in [0.2, 0.25) is 5.78 Å². The highest BCUT2D eigenvalue weighted by molar-refractivity contribution is 9.10. The number of aromatic hydroxyl groups is 1. The molecule has 4 rings (SSSR count). The average Bonchev–Trinajstić information content (AvgIpc) is 2.69. The number of hydrogen-bond donors (Lipinski definition) is 2. The zero-order chi connectivity index (χ0) is 18.8. The van der Waals surface area contributed by atoms with Gasteiger partial charge >= 0.3 is 0 Å². The van der Waals surface area contributed by atoms with Gasteiger partial charge in [-0.2, -0.15) is 0 Å². The van der Waals surface area contributed by atoms with Gasteiger partial charge in [0.15, 0.2) is 0 Å².